The quantitative estimate of drug-likeness (QED) is 0.933. The molecule has 1 amide bonds. The number of rotatable bonds is 4. The van der Waals surface area contributed by atoms with E-state index in [1.54, 1.807) is 24.3 Å². The van der Waals surface area contributed by atoms with Gasteiger partial charge in [-0.05, 0) is 35.2 Å². The van der Waals surface area contributed by atoms with Gasteiger partial charge in [0, 0.05) is 23.7 Å². The predicted octanol–water partition coefficient (Wildman–Crippen LogP) is 3.71. The maximum atomic E-state index is 13.0. The molecule has 1 unspecified atom stereocenters. The van der Waals surface area contributed by atoms with Crippen LogP contribution in [0.2, 0.25) is 0 Å². The molecule has 4 heteroatoms. The molecule has 1 aliphatic heterocycles. The molecule has 3 rings (SSSR count). The van der Waals surface area contributed by atoms with Gasteiger partial charge in [-0.3, -0.25) is 9.59 Å². The van der Waals surface area contributed by atoms with Crippen molar-refractivity contribution in [3.8, 4) is 0 Å². The summed E-state index contributed by atoms with van der Waals surface area (Å²) >= 11 is 0. The van der Waals surface area contributed by atoms with E-state index in [1.807, 2.05) is 23.1 Å². The minimum Gasteiger partial charge on any atom is -0.481 e. The first-order valence-corrected chi connectivity index (χ1v) is 8.19. The summed E-state index contributed by atoms with van der Waals surface area (Å²) in [6, 6.07) is 14.9. The third-order valence-electron chi connectivity index (χ3n) is 4.59. The molecule has 124 valence electrons. The van der Waals surface area contributed by atoms with Crippen LogP contribution in [0.25, 0.3) is 0 Å². The highest BCUT2D eigenvalue weighted by Crippen LogP contribution is 2.40. The lowest BCUT2D eigenvalue weighted by Gasteiger charge is -2.19. The van der Waals surface area contributed by atoms with Crippen LogP contribution in [0, 0.1) is 5.92 Å². The summed E-state index contributed by atoms with van der Waals surface area (Å²) in [5.74, 6) is -0.196. The van der Waals surface area contributed by atoms with E-state index < -0.39 is 5.97 Å². The fraction of sp³-hybridized carbons (Fsp3) is 0.300. The van der Waals surface area contributed by atoms with Gasteiger partial charge < -0.3 is 10.0 Å². The van der Waals surface area contributed by atoms with Crippen molar-refractivity contribution in [1.82, 2.24) is 0 Å². The number of carbonyl (C=O) groups is 2. The summed E-state index contributed by atoms with van der Waals surface area (Å²) in [6.07, 6.45) is -0.0771. The molecule has 0 spiro atoms. The number of para-hydroxylation sites is 1. The lowest BCUT2D eigenvalue weighted by Crippen LogP contribution is -2.30. The number of hydrogen-bond acceptors (Lipinski definition) is 2. The number of nitrogens with zero attached hydrogens (tertiary/aromatic N) is 1. The zero-order valence-corrected chi connectivity index (χ0v) is 13.9. The molecule has 2 aromatic rings. The molecule has 1 aliphatic rings. The molecular weight excluding hydrogens is 302 g/mol. The van der Waals surface area contributed by atoms with Crippen LogP contribution >= 0.6 is 0 Å². The molecule has 0 saturated heterocycles. The number of benzene rings is 2. The molecule has 4 nitrogen and oxygen atoms in total. The van der Waals surface area contributed by atoms with Gasteiger partial charge in [0.2, 0.25) is 0 Å². The van der Waals surface area contributed by atoms with Gasteiger partial charge in [-0.25, -0.2) is 0 Å². The minimum absolute atomic E-state index is 0.0714. The number of hydrogen-bond donors (Lipinski definition) is 1. The van der Waals surface area contributed by atoms with Crippen molar-refractivity contribution in [3.63, 3.8) is 0 Å². The molecule has 2 aromatic carbocycles. The lowest BCUT2D eigenvalue weighted by atomic mass is 9.90. The van der Waals surface area contributed by atoms with Crippen molar-refractivity contribution >= 4 is 17.6 Å². The third kappa shape index (κ3) is 3.04. The van der Waals surface area contributed by atoms with Crippen LogP contribution in [0.1, 0.15) is 41.3 Å². The minimum atomic E-state index is -0.897. The summed E-state index contributed by atoms with van der Waals surface area (Å²) < 4.78 is 0. The number of amides is 1. The van der Waals surface area contributed by atoms with Gasteiger partial charge in [-0.1, -0.05) is 44.2 Å². The van der Waals surface area contributed by atoms with Gasteiger partial charge in [0.15, 0.2) is 0 Å². The van der Waals surface area contributed by atoms with Gasteiger partial charge in [-0.15, -0.1) is 0 Å². The zero-order chi connectivity index (χ0) is 17.3. The standard InChI is InChI=1S/C20H21NO3/c1-13(2)17-12-21(18-9-4-3-8-16(17)18)20(24)15-7-5-6-14(10-15)11-19(22)23/h3-10,13,17H,11-12H2,1-2H3,(H,22,23). The van der Waals surface area contributed by atoms with Crippen LogP contribution < -0.4 is 4.90 Å². The molecule has 1 heterocycles. The maximum Gasteiger partial charge on any atom is 0.307 e. The van der Waals surface area contributed by atoms with E-state index in [0.29, 0.717) is 29.5 Å². The summed E-state index contributed by atoms with van der Waals surface area (Å²) in [7, 11) is 0. The number of carboxylic acids is 1. The molecule has 0 bridgehead atoms. The largest absolute Gasteiger partial charge is 0.481 e. The van der Waals surface area contributed by atoms with Crippen LogP contribution in [0.15, 0.2) is 48.5 Å². The second-order valence-corrected chi connectivity index (χ2v) is 6.60. The van der Waals surface area contributed by atoms with Crippen LogP contribution in [0.4, 0.5) is 5.69 Å². The highest BCUT2D eigenvalue weighted by Gasteiger charge is 2.34. The van der Waals surface area contributed by atoms with Gasteiger partial charge in [-0.2, -0.15) is 0 Å². The maximum absolute atomic E-state index is 13.0. The SMILES string of the molecule is CC(C)C1CN(C(=O)c2cccc(CC(=O)O)c2)c2ccccc21. The average Bonchev–Trinajstić information content (AvgIpc) is 2.93. The highest BCUT2D eigenvalue weighted by atomic mass is 16.4. The highest BCUT2D eigenvalue weighted by molar-refractivity contribution is 6.07. The van der Waals surface area contributed by atoms with Crippen molar-refractivity contribution in [2.24, 2.45) is 5.92 Å². The predicted molar refractivity (Wildman–Crippen MR) is 93.5 cm³/mol. The van der Waals surface area contributed by atoms with Gasteiger partial charge >= 0.3 is 5.97 Å². The summed E-state index contributed by atoms with van der Waals surface area (Å²) in [5, 5.41) is 8.94. The Bertz CT molecular complexity index is 782. The molecule has 0 aromatic heterocycles. The normalized spacial score (nSPS) is 16.3. The fourth-order valence-corrected chi connectivity index (χ4v) is 3.35. The Morgan fingerprint density at radius 1 is 1.17 bits per heavy atom. The van der Waals surface area contributed by atoms with Crippen LogP contribution in [-0.2, 0) is 11.2 Å². The Balaban J connectivity index is 1.92. The van der Waals surface area contributed by atoms with Crippen LogP contribution in [0.3, 0.4) is 0 Å². The molecule has 1 N–H and O–H groups in total. The van der Waals surface area contributed by atoms with Gasteiger partial charge in [0.05, 0.1) is 6.42 Å². The van der Waals surface area contributed by atoms with Crippen molar-refractivity contribution in [2.75, 3.05) is 11.4 Å². The Labute approximate surface area is 141 Å². The van der Waals surface area contributed by atoms with Crippen molar-refractivity contribution < 1.29 is 14.7 Å². The monoisotopic (exact) mass is 323 g/mol. The smallest absolute Gasteiger partial charge is 0.307 e. The van der Waals surface area contributed by atoms with E-state index in [-0.39, 0.29) is 12.3 Å². The van der Waals surface area contributed by atoms with Crippen molar-refractivity contribution in [1.29, 1.82) is 0 Å². The summed E-state index contributed by atoms with van der Waals surface area (Å²) in [6.45, 7) is 5.00. The molecule has 0 saturated carbocycles. The number of anilines is 1. The topological polar surface area (TPSA) is 57.6 Å². The first kappa shape index (κ1) is 16.2. The first-order valence-electron chi connectivity index (χ1n) is 8.19. The van der Waals surface area contributed by atoms with Crippen LogP contribution in [0.5, 0.6) is 0 Å². The molecule has 0 radical (unpaired) electrons. The molecule has 24 heavy (non-hydrogen) atoms. The van der Waals surface area contributed by atoms with Crippen molar-refractivity contribution in [2.45, 2.75) is 26.2 Å². The molecule has 0 aliphatic carbocycles. The van der Waals surface area contributed by atoms with E-state index in [0.717, 1.165) is 5.69 Å². The Morgan fingerprint density at radius 2 is 1.92 bits per heavy atom. The second kappa shape index (κ2) is 6.48. The Morgan fingerprint density at radius 3 is 2.62 bits per heavy atom. The number of carbonyl (C=O) groups excluding carboxylic acids is 1. The van der Waals surface area contributed by atoms with Crippen LogP contribution in [-0.4, -0.2) is 23.5 Å². The molecule has 0 fully saturated rings. The van der Waals surface area contributed by atoms with E-state index in [1.165, 1.54) is 5.56 Å². The molecular formula is C20H21NO3. The van der Waals surface area contributed by atoms with E-state index in [2.05, 4.69) is 19.9 Å². The fourth-order valence-electron chi connectivity index (χ4n) is 3.35. The van der Waals surface area contributed by atoms with Gasteiger partial charge in [0.1, 0.15) is 0 Å². The zero-order valence-electron chi connectivity index (χ0n) is 13.9. The number of fused-ring (bicyclic) bond motifs is 1. The average molecular weight is 323 g/mol. The third-order valence-corrected chi connectivity index (χ3v) is 4.59. The lowest BCUT2D eigenvalue weighted by molar-refractivity contribution is -0.136. The first-order chi connectivity index (χ1) is 11.5. The van der Waals surface area contributed by atoms with Crippen molar-refractivity contribution in [3.05, 3.63) is 65.2 Å². The Kier molecular flexibility index (Phi) is 4.38. The van der Waals surface area contributed by atoms with E-state index in [9.17, 15) is 9.59 Å². The summed E-state index contributed by atoms with van der Waals surface area (Å²) in [5.41, 5.74) is 3.35. The molecule has 1 atom stereocenters. The second-order valence-electron chi connectivity index (χ2n) is 6.60. The number of carboxylic acid groups (broad SMARTS) is 1. The van der Waals surface area contributed by atoms with E-state index in [4.69, 9.17) is 5.11 Å². The summed E-state index contributed by atoms with van der Waals surface area (Å²) in [4.78, 5) is 25.7. The Hall–Kier alpha value is -2.62. The van der Waals surface area contributed by atoms with E-state index >= 15 is 0 Å². The number of aliphatic carboxylic acids is 1. The van der Waals surface area contributed by atoms with Gasteiger partial charge in [0.25, 0.3) is 5.91 Å².